The first-order valence-corrected chi connectivity index (χ1v) is 4.36. The number of rotatable bonds is 2. The molecule has 0 atom stereocenters. The third-order valence-corrected chi connectivity index (χ3v) is 1.84. The molecule has 74 valence electrons. The summed E-state index contributed by atoms with van der Waals surface area (Å²) in [6, 6.07) is 0. The van der Waals surface area contributed by atoms with E-state index in [9.17, 15) is 4.79 Å². The Kier molecular flexibility index (Phi) is 2.45. The lowest BCUT2D eigenvalue weighted by Crippen LogP contribution is -2.05. The van der Waals surface area contributed by atoms with Gasteiger partial charge in [0.05, 0.1) is 17.5 Å². The quantitative estimate of drug-likeness (QED) is 0.671. The fourth-order valence-electron chi connectivity index (χ4n) is 1.07. The van der Waals surface area contributed by atoms with Crippen LogP contribution in [-0.2, 0) is 0 Å². The van der Waals surface area contributed by atoms with Crippen molar-refractivity contribution >= 4 is 5.78 Å². The molecule has 0 aliphatic carbocycles. The lowest BCUT2D eigenvalue weighted by Gasteiger charge is -1.98. The van der Waals surface area contributed by atoms with Gasteiger partial charge in [0, 0.05) is 18.6 Å². The van der Waals surface area contributed by atoms with Crippen molar-refractivity contribution in [3.8, 4) is 0 Å². The lowest BCUT2D eigenvalue weighted by molar-refractivity contribution is 0.103. The van der Waals surface area contributed by atoms with Crippen molar-refractivity contribution in [2.24, 2.45) is 0 Å². The maximum absolute atomic E-state index is 11.8. The molecule has 0 aliphatic rings. The lowest BCUT2D eigenvalue weighted by atomic mass is 10.2. The number of hydrogen-bond donors (Lipinski definition) is 0. The van der Waals surface area contributed by atoms with Crippen molar-refractivity contribution in [1.29, 1.82) is 0 Å². The minimum absolute atomic E-state index is 0.219. The zero-order chi connectivity index (χ0) is 10.7. The molecule has 2 rings (SSSR count). The van der Waals surface area contributed by atoms with Gasteiger partial charge in [-0.3, -0.25) is 9.78 Å². The van der Waals surface area contributed by atoms with Crippen molar-refractivity contribution in [3.05, 3.63) is 48.1 Å². The van der Waals surface area contributed by atoms with Crippen molar-refractivity contribution in [2.45, 2.75) is 6.92 Å². The number of nitrogens with zero attached hydrogens (tertiary/aromatic N) is 4. The van der Waals surface area contributed by atoms with Crippen molar-refractivity contribution < 1.29 is 4.79 Å². The predicted octanol–water partition coefficient (Wildman–Crippen LogP) is 0.806. The van der Waals surface area contributed by atoms with Crippen LogP contribution in [0.4, 0.5) is 0 Å². The summed E-state index contributed by atoms with van der Waals surface area (Å²) in [5, 5.41) is 0. The molecule has 0 bridgehead atoms. The van der Waals surface area contributed by atoms with Gasteiger partial charge in [0.2, 0.25) is 5.78 Å². The Morgan fingerprint density at radius 2 is 1.80 bits per heavy atom. The molecule has 15 heavy (non-hydrogen) atoms. The molecule has 5 heteroatoms. The molecular weight excluding hydrogens is 192 g/mol. The van der Waals surface area contributed by atoms with Gasteiger partial charge in [0.1, 0.15) is 12.0 Å². The van der Waals surface area contributed by atoms with Crippen LogP contribution in [0.3, 0.4) is 0 Å². The van der Waals surface area contributed by atoms with Gasteiger partial charge in [-0.1, -0.05) is 0 Å². The standard InChI is InChI=1S/C10H8N4O/c1-7-2-14-9(5-13-7)10(15)8-3-11-6-12-4-8/h2-6H,1H3. The molecule has 0 amide bonds. The second-order valence-corrected chi connectivity index (χ2v) is 3.00. The van der Waals surface area contributed by atoms with Gasteiger partial charge >= 0.3 is 0 Å². The monoisotopic (exact) mass is 200 g/mol. The van der Waals surface area contributed by atoms with Crippen molar-refractivity contribution in [2.75, 3.05) is 0 Å². The molecular formula is C10H8N4O. The topological polar surface area (TPSA) is 68.6 Å². The third kappa shape index (κ3) is 2.01. The Hall–Kier alpha value is -2.17. The summed E-state index contributed by atoms with van der Waals surface area (Å²) in [7, 11) is 0. The molecule has 2 aromatic heterocycles. The molecule has 2 aromatic rings. The molecule has 0 aliphatic heterocycles. The van der Waals surface area contributed by atoms with E-state index in [1.54, 1.807) is 6.20 Å². The number of carbonyl (C=O) groups is 1. The molecule has 0 aromatic carbocycles. The average Bonchev–Trinajstić information content (AvgIpc) is 2.30. The summed E-state index contributed by atoms with van der Waals surface area (Å²) in [5.74, 6) is -0.219. The molecule has 0 spiro atoms. The second kappa shape index (κ2) is 3.91. The zero-order valence-corrected chi connectivity index (χ0v) is 8.08. The summed E-state index contributed by atoms with van der Waals surface area (Å²) in [4.78, 5) is 27.3. The third-order valence-electron chi connectivity index (χ3n) is 1.84. The second-order valence-electron chi connectivity index (χ2n) is 3.00. The van der Waals surface area contributed by atoms with E-state index in [0.717, 1.165) is 5.69 Å². The van der Waals surface area contributed by atoms with Gasteiger partial charge in [0.15, 0.2) is 0 Å². The smallest absolute Gasteiger partial charge is 0.216 e. The number of ketones is 1. The largest absolute Gasteiger partial charge is 0.287 e. The van der Waals surface area contributed by atoms with E-state index < -0.39 is 0 Å². The minimum atomic E-state index is -0.219. The molecule has 0 saturated carbocycles. The Morgan fingerprint density at radius 3 is 2.40 bits per heavy atom. The first kappa shape index (κ1) is 9.39. The molecule has 2 heterocycles. The minimum Gasteiger partial charge on any atom is -0.287 e. The first-order chi connectivity index (χ1) is 7.27. The van der Waals surface area contributed by atoms with Crippen LogP contribution in [0.1, 0.15) is 21.7 Å². The Bertz CT molecular complexity index is 467. The summed E-state index contributed by atoms with van der Waals surface area (Å²) < 4.78 is 0. The predicted molar refractivity (Wildman–Crippen MR) is 52.2 cm³/mol. The number of aryl methyl sites for hydroxylation is 1. The van der Waals surface area contributed by atoms with Crippen molar-refractivity contribution in [3.63, 3.8) is 0 Å². The van der Waals surface area contributed by atoms with Gasteiger partial charge in [-0.15, -0.1) is 0 Å². The van der Waals surface area contributed by atoms with Crippen LogP contribution < -0.4 is 0 Å². The van der Waals surface area contributed by atoms with E-state index in [1.165, 1.54) is 24.9 Å². The van der Waals surface area contributed by atoms with E-state index in [0.29, 0.717) is 11.3 Å². The Labute approximate surface area is 86.3 Å². The van der Waals surface area contributed by atoms with Crippen LogP contribution in [0.25, 0.3) is 0 Å². The van der Waals surface area contributed by atoms with Crippen molar-refractivity contribution in [1.82, 2.24) is 19.9 Å². The van der Waals surface area contributed by atoms with E-state index in [-0.39, 0.29) is 5.78 Å². The summed E-state index contributed by atoms with van der Waals surface area (Å²) in [6.07, 6.45) is 7.28. The zero-order valence-electron chi connectivity index (χ0n) is 8.08. The van der Waals surface area contributed by atoms with E-state index in [4.69, 9.17) is 0 Å². The average molecular weight is 200 g/mol. The summed E-state index contributed by atoms with van der Waals surface area (Å²) >= 11 is 0. The van der Waals surface area contributed by atoms with E-state index >= 15 is 0 Å². The maximum atomic E-state index is 11.8. The first-order valence-electron chi connectivity index (χ1n) is 4.36. The van der Waals surface area contributed by atoms with Gasteiger partial charge < -0.3 is 0 Å². The SMILES string of the molecule is Cc1cnc(C(=O)c2cncnc2)cn1. The van der Waals surface area contributed by atoms with E-state index in [1.807, 2.05) is 6.92 Å². The van der Waals surface area contributed by atoms with Crippen LogP contribution in [0, 0.1) is 6.92 Å². The fourth-order valence-corrected chi connectivity index (χ4v) is 1.07. The normalized spacial score (nSPS) is 9.93. The fraction of sp³-hybridized carbons (Fsp3) is 0.100. The highest BCUT2D eigenvalue weighted by Gasteiger charge is 2.10. The molecule has 0 N–H and O–H groups in total. The van der Waals surface area contributed by atoms with Gasteiger partial charge in [-0.05, 0) is 6.92 Å². The van der Waals surface area contributed by atoms with Crippen LogP contribution in [0.15, 0.2) is 31.1 Å². The highest BCUT2D eigenvalue weighted by molar-refractivity contribution is 6.07. The Morgan fingerprint density at radius 1 is 1.07 bits per heavy atom. The molecule has 5 nitrogen and oxygen atoms in total. The summed E-state index contributed by atoms with van der Waals surface area (Å²) in [5.41, 5.74) is 1.49. The number of hydrogen-bond acceptors (Lipinski definition) is 5. The number of carbonyl (C=O) groups excluding carboxylic acids is 1. The molecule has 0 unspecified atom stereocenters. The van der Waals surface area contributed by atoms with Crippen LogP contribution in [0.2, 0.25) is 0 Å². The van der Waals surface area contributed by atoms with Crippen LogP contribution >= 0.6 is 0 Å². The Balaban J connectivity index is 2.33. The molecule has 0 saturated heterocycles. The highest BCUT2D eigenvalue weighted by Crippen LogP contribution is 2.03. The van der Waals surface area contributed by atoms with Crippen LogP contribution in [-0.4, -0.2) is 25.7 Å². The van der Waals surface area contributed by atoms with Crippen LogP contribution in [0.5, 0.6) is 0 Å². The van der Waals surface area contributed by atoms with Gasteiger partial charge in [-0.2, -0.15) is 0 Å². The van der Waals surface area contributed by atoms with Gasteiger partial charge in [0.25, 0.3) is 0 Å². The highest BCUT2D eigenvalue weighted by atomic mass is 16.1. The van der Waals surface area contributed by atoms with E-state index in [2.05, 4.69) is 19.9 Å². The van der Waals surface area contributed by atoms with Gasteiger partial charge in [-0.25, -0.2) is 15.0 Å². The maximum Gasteiger partial charge on any atom is 0.216 e. The molecule has 0 radical (unpaired) electrons. The summed E-state index contributed by atoms with van der Waals surface area (Å²) in [6.45, 7) is 1.81. The molecule has 0 fully saturated rings. The number of aromatic nitrogens is 4.